The van der Waals surface area contributed by atoms with Crippen molar-refractivity contribution in [2.45, 2.75) is 52.2 Å². The number of carbonyl (C=O) groups excluding carboxylic acids is 3. The molecule has 2 aliphatic rings. The van der Waals surface area contributed by atoms with Crippen LogP contribution < -0.4 is 10.6 Å². The standard InChI is InChI=1S/C17H23F3N4O4/c1-7(2)9(5-21)22-12(25)11-10-8(16(10,3)4)6-24(11)14(27)13(26)23-15(28)17(18,19)20/h7-11,13,26H,6H2,1-4H3,(H,22,25)(H,23,28)/t8-,9+,10-,11-,13-/m0/s1. The fourth-order valence-electron chi connectivity index (χ4n) is 3.82. The molecular formula is C17H23F3N4O4. The zero-order valence-corrected chi connectivity index (χ0v) is 15.9. The largest absolute Gasteiger partial charge is 0.471 e. The Hall–Kier alpha value is -2.35. The maximum atomic E-state index is 12.8. The second kappa shape index (κ2) is 7.24. The summed E-state index contributed by atoms with van der Waals surface area (Å²) in [5, 5.41) is 22.7. The number of hydrogen-bond acceptors (Lipinski definition) is 5. The topological polar surface area (TPSA) is 123 Å². The Bertz CT molecular complexity index is 716. The van der Waals surface area contributed by atoms with Crippen molar-refractivity contribution in [2.24, 2.45) is 23.2 Å². The number of rotatable bonds is 5. The van der Waals surface area contributed by atoms with Gasteiger partial charge in [0.1, 0.15) is 12.1 Å². The van der Waals surface area contributed by atoms with E-state index in [1.807, 2.05) is 19.9 Å². The van der Waals surface area contributed by atoms with Crippen LogP contribution in [0, 0.1) is 34.5 Å². The summed E-state index contributed by atoms with van der Waals surface area (Å²) in [5.74, 6) is -4.78. The van der Waals surface area contributed by atoms with E-state index in [4.69, 9.17) is 5.26 Å². The highest BCUT2D eigenvalue weighted by molar-refractivity contribution is 5.93. The van der Waals surface area contributed by atoms with Crippen molar-refractivity contribution in [1.29, 1.82) is 5.26 Å². The van der Waals surface area contributed by atoms with Gasteiger partial charge in [0.25, 0.3) is 5.91 Å². The van der Waals surface area contributed by atoms with E-state index in [0.717, 1.165) is 4.90 Å². The fraction of sp³-hybridized carbons (Fsp3) is 0.765. The first-order chi connectivity index (χ1) is 12.7. The van der Waals surface area contributed by atoms with E-state index < -0.39 is 42.2 Å². The zero-order valence-electron chi connectivity index (χ0n) is 15.9. The van der Waals surface area contributed by atoms with Crippen LogP contribution in [-0.4, -0.2) is 58.8 Å². The lowest BCUT2D eigenvalue weighted by Gasteiger charge is -2.32. The van der Waals surface area contributed by atoms with Crippen molar-refractivity contribution in [3.63, 3.8) is 0 Å². The molecule has 0 aromatic heterocycles. The van der Waals surface area contributed by atoms with Gasteiger partial charge in [-0.25, -0.2) is 0 Å². The third-order valence-corrected chi connectivity index (χ3v) is 5.62. The number of hydrogen-bond donors (Lipinski definition) is 3. The molecule has 28 heavy (non-hydrogen) atoms. The molecule has 3 N–H and O–H groups in total. The first-order valence-corrected chi connectivity index (χ1v) is 8.79. The third kappa shape index (κ3) is 3.92. The summed E-state index contributed by atoms with van der Waals surface area (Å²) in [5.41, 5.74) is -0.265. The van der Waals surface area contributed by atoms with Crippen LogP contribution >= 0.6 is 0 Å². The number of likely N-dealkylation sites (tertiary alicyclic amines) is 1. The van der Waals surface area contributed by atoms with Gasteiger partial charge in [0, 0.05) is 6.54 Å². The summed E-state index contributed by atoms with van der Waals surface area (Å²) in [7, 11) is 0. The van der Waals surface area contributed by atoms with Crippen LogP contribution in [0.25, 0.3) is 0 Å². The average molecular weight is 404 g/mol. The highest BCUT2D eigenvalue weighted by atomic mass is 19.4. The van der Waals surface area contributed by atoms with E-state index in [0.29, 0.717) is 0 Å². The van der Waals surface area contributed by atoms with E-state index in [1.54, 1.807) is 13.8 Å². The SMILES string of the molecule is CC(C)[C@@H](C#N)NC(=O)[C@@H]1[C@@H]2[C@H](CN1C(=O)[C@H](O)NC(=O)C(F)(F)F)C2(C)C. The van der Waals surface area contributed by atoms with Gasteiger partial charge in [-0.05, 0) is 23.2 Å². The second-order valence-corrected chi connectivity index (χ2v) is 8.12. The molecule has 3 amide bonds. The molecule has 5 atom stereocenters. The van der Waals surface area contributed by atoms with Crippen LogP contribution in [-0.2, 0) is 14.4 Å². The molecule has 0 bridgehead atoms. The summed E-state index contributed by atoms with van der Waals surface area (Å²) < 4.78 is 37.0. The minimum atomic E-state index is -5.26. The zero-order chi connectivity index (χ0) is 21.6. The molecule has 2 rings (SSSR count). The van der Waals surface area contributed by atoms with E-state index in [1.165, 1.54) is 5.32 Å². The number of nitriles is 1. The molecule has 0 aromatic rings. The lowest BCUT2D eigenvalue weighted by atomic mass is 9.99. The molecule has 1 aliphatic carbocycles. The Kier molecular flexibility index (Phi) is 5.67. The van der Waals surface area contributed by atoms with Gasteiger partial charge in [0.2, 0.25) is 12.1 Å². The van der Waals surface area contributed by atoms with Crippen molar-refractivity contribution in [1.82, 2.24) is 15.5 Å². The van der Waals surface area contributed by atoms with Crippen molar-refractivity contribution >= 4 is 17.7 Å². The monoisotopic (exact) mass is 404 g/mol. The van der Waals surface area contributed by atoms with E-state index in [9.17, 15) is 32.7 Å². The molecule has 2 fully saturated rings. The van der Waals surface area contributed by atoms with Crippen LogP contribution in [0.1, 0.15) is 27.7 Å². The summed E-state index contributed by atoms with van der Waals surface area (Å²) in [6.45, 7) is 7.32. The van der Waals surface area contributed by atoms with Crippen LogP contribution in [0.4, 0.5) is 13.2 Å². The number of aliphatic hydroxyl groups excluding tert-OH is 1. The first-order valence-electron chi connectivity index (χ1n) is 8.79. The number of nitrogens with one attached hydrogen (secondary N) is 2. The molecule has 0 radical (unpaired) electrons. The van der Waals surface area contributed by atoms with E-state index in [-0.39, 0.29) is 29.7 Å². The average Bonchev–Trinajstić information content (AvgIpc) is 2.94. The normalized spacial score (nSPS) is 27.4. The van der Waals surface area contributed by atoms with Crippen LogP contribution in [0.15, 0.2) is 0 Å². The Morgan fingerprint density at radius 1 is 1.25 bits per heavy atom. The van der Waals surface area contributed by atoms with Gasteiger partial charge in [0.15, 0.2) is 0 Å². The number of carbonyl (C=O) groups is 3. The molecule has 8 nitrogen and oxygen atoms in total. The quantitative estimate of drug-likeness (QED) is 0.562. The molecule has 0 unspecified atom stereocenters. The number of nitrogens with zero attached hydrogens (tertiary/aromatic N) is 2. The van der Waals surface area contributed by atoms with Crippen molar-refractivity contribution in [3.8, 4) is 6.07 Å². The number of piperidine rings is 1. The van der Waals surface area contributed by atoms with Crippen LogP contribution in [0.5, 0.6) is 0 Å². The maximum absolute atomic E-state index is 12.8. The Balaban J connectivity index is 2.17. The summed E-state index contributed by atoms with van der Waals surface area (Å²) in [6.07, 6.45) is -7.69. The minimum absolute atomic E-state index is 0.0619. The number of amides is 3. The number of alkyl halides is 3. The van der Waals surface area contributed by atoms with Gasteiger partial charge >= 0.3 is 12.1 Å². The molecule has 1 heterocycles. The molecule has 11 heteroatoms. The second-order valence-electron chi connectivity index (χ2n) is 8.12. The molecule has 156 valence electrons. The molecule has 1 saturated carbocycles. The Labute approximate surface area is 160 Å². The van der Waals surface area contributed by atoms with Gasteiger partial charge in [-0.1, -0.05) is 27.7 Å². The smallest absolute Gasteiger partial charge is 0.365 e. The van der Waals surface area contributed by atoms with Crippen LogP contribution in [0.3, 0.4) is 0 Å². The Morgan fingerprint density at radius 2 is 1.82 bits per heavy atom. The van der Waals surface area contributed by atoms with Crippen molar-refractivity contribution in [2.75, 3.05) is 6.54 Å². The molecular weight excluding hydrogens is 381 g/mol. The van der Waals surface area contributed by atoms with Crippen molar-refractivity contribution in [3.05, 3.63) is 0 Å². The highest BCUT2D eigenvalue weighted by Crippen LogP contribution is 2.64. The lowest BCUT2D eigenvalue weighted by molar-refractivity contribution is -0.178. The number of aliphatic hydroxyl groups is 1. The molecule has 0 aromatic carbocycles. The third-order valence-electron chi connectivity index (χ3n) is 5.62. The predicted octanol–water partition coefficient (Wildman–Crippen LogP) is 0.131. The van der Waals surface area contributed by atoms with Gasteiger partial charge in [-0.3, -0.25) is 14.4 Å². The van der Waals surface area contributed by atoms with Crippen LogP contribution in [0.2, 0.25) is 0 Å². The van der Waals surface area contributed by atoms with Gasteiger partial charge in [-0.2, -0.15) is 18.4 Å². The molecule has 1 aliphatic heterocycles. The Morgan fingerprint density at radius 3 is 2.29 bits per heavy atom. The minimum Gasteiger partial charge on any atom is -0.365 e. The summed E-state index contributed by atoms with van der Waals surface area (Å²) in [6, 6.07) is 0.100. The molecule has 1 saturated heterocycles. The highest BCUT2D eigenvalue weighted by Gasteiger charge is 2.69. The van der Waals surface area contributed by atoms with E-state index in [2.05, 4.69) is 5.32 Å². The number of halogens is 3. The fourth-order valence-corrected chi connectivity index (χ4v) is 3.82. The lowest BCUT2D eigenvalue weighted by Crippen LogP contribution is -2.58. The predicted molar refractivity (Wildman–Crippen MR) is 88.8 cm³/mol. The molecule has 0 spiro atoms. The van der Waals surface area contributed by atoms with Gasteiger partial charge in [-0.15, -0.1) is 0 Å². The number of fused-ring (bicyclic) bond motifs is 1. The van der Waals surface area contributed by atoms with Gasteiger partial charge in [0.05, 0.1) is 6.07 Å². The first kappa shape index (κ1) is 21.9. The summed E-state index contributed by atoms with van der Waals surface area (Å²) in [4.78, 5) is 37.1. The van der Waals surface area contributed by atoms with E-state index >= 15 is 0 Å². The maximum Gasteiger partial charge on any atom is 0.471 e. The van der Waals surface area contributed by atoms with Gasteiger partial charge < -0.3 is 20.6 Å². The summed E-state index contributed by atoms with van der Waals surface area (Å²) >= 11 is 0. The van der Waals surface area contributed by atoms with Crippen molar-refractivity contribution < 1.29 is 32.7 Å².